The van der Waals surface area contributed by atoms with Crippen LogP contribution in [-0.4, -0.2) is 17.0 Å². The summed E-state index contributed by atoms with van der Waals surface area (Å²) < 4.78 is 0. The molecular weight excluding hydrogens is 256 g/mol. The Kier molecular flexibility index (Phi) is 3.77. The Labute approximate surface area is 115 Å². The molecule has 0 saturated carbocycles. The predicted molar refractivity (Wildman–Crippen MR) is 72.5 cm³/mol. The maximum atomic E-state index is 12.0. The minimum absolute atomic E-state index is 0.117. The van der Waals surface area contributed by atoms with Crippen molar-refractivity contribution in [1.29, 1.82) is 5.26 Å². The Morgan fingerprint density at radius 1 is 1.10 bits per heavy atom. The van der Waals surface area contributed by atoms with Crippen molar-refractivity contribution in [3.8, 4) is 6.07 Å². The Hall–Kier alpha value is -3.13. The first-order valence-corrected chi connectivity index (χ1v) is 5.75. The van der Waals surface area contributed by atoms with Crippen LogP contribution in [0.5, 0.6) is 0 Å². The molecule has 2 N–H and O–H groups in total. The number of nitriles is 1. The van der Waals surface area contributed by atoms with Gasteiger partial charge in [0.1, 0.15) is 0 Å². The van der Waals surface area contributed by atoms with E-state index in [2.05, 4.69) is 5.32 Å². The number of rotatable bonds is 3. The summed E-state index contributed by atoms with van der Waals surface area (Å²) in [5.41, 5.74) is 0.687. The van der Waals surface area contributed by atoms with Crippen LogP contribution >= 0.6 is 0 Å². The number of benzene rings is 2. The van der Waals surface area contributed by atoms with Crippen molar-refractivity contribution in [1.82, 2.24) is 0 Å². The summed E-state index contributed by atoms with van der Waals surface area (Å²) in [5.74, 6) is -1.61. The molecule has 0 atom stereocenters. The highest BCUT2D eigenvalue weighted by atomic mass is 16.4. The molecule has 0 bridgehead atoms. The van der Waals surface area contributed by atoms with E-state index in [1.54, 1.807) is 30.3 Å². The fourth-order valence-corrected chi connectivity index (χ4v) is 1.68. The number of aromatic carboxylic acids is 1. The highest BCUT2D eigenvalue weighted by Gasteiger charge is 2.14. The van der Waals surface area contributed by atoms with Crippen molar-refractivity contribution in [3.05, 3.63) is 65.2 Å². The molecule has 0 aromatic heterocycles. The molecule has 0 aliphatic carbocycles. The highest BCUT2D eigenvalue weighted by molar-refractivity contribution is 6.07. The highest BCUT2D eigenvalue weighted by Crippen LogP contribution is 2.18. The minimum Gasteiger partial charge on any atom is -0.478 e. The smallest absolute Gasteiger partial charge is 0.337 e. The van der Waals surface area contributed by atoms with Gasteiger partial charge in [-0.1, -0.05) is 18.2 Å². The standard InChI is InChI=1S/C15H10N2O3/c16-9-10-6-7-13(12(8-10)15(19)20)17-14(18)11-4-2-1-3-5-11/h1-8H,(H,17,18)(H,19,20). The first-order valence-electron chi connectivity index (χ1n) is 5.75. The zero-order chi connectivity index (χ0) is 14.5. The van der Waals surface area contributed by atoms with Crippen LogP contribution < -0.4 is 5.32 Å². The number of nitrogens with zero attached hydrogens (tertiary/aromatic N) is 1. The number of carboxylic acid groups (broad SMARTS) is 1. The van der Waals surface area contributed by atoms with Crippen LogP contribution in [0.25, 0.3) is 0 Å². The summed E-state index contributed by atoms with van der Waals surface area (Å²) >= 11 is 0. The van der Waals surface area contributed by atoms with E-state index >= 15 is 0 Å². The van der Waals surface area contributed by atoms with Gasteiger partial charge in [-0.3, -0.25) is 4.79 Å². The van der Waals surface area contributed by atoms with Crippen molar-refractivity contribution >= 4 is 17.6 Å². The van der Waals surface area contributed by atoms with Crippen molar-refractivity contribution in [2.45, 2.75) is 0 Å². The number of carboxylic acids is 1. The van der Waals surface area contributed by atoms with Crippen molar-refractivity contribution in [2.24, 2.45) is 0 Å². The zero-order valence-corrected chi connectivity index (χ0v) is 10.3. The van der Waals surface area contributed by atoms with E-state index in [0.717, 1.165) is 0 Å². The molecule has 2 rings (SSSR count). The maximum absolute atomic E-state index is 12.0. The molecule has 20 heavy (non-hydrogen) atoms. The van der Waals surface area contributed by atoms with Crippen molar-refractivity contribution < 1.29 is 14.7 Å². The summed E-state index contributed by atoms with van der Waals surface area (Å²) in [4.78, 5) is 23.1. The van der Waals surface area contributed by atoms with E-state index in [4.69, 9.17) is 10.4 Å². The molecule has 5 nitrogen and oxygen atoms in total. The number of amides is 1. The van der Waals surface area contributed by atoms with Crippen LogP contribution in [0.1, 0.15) is 26.3 Å². The predicted octanol–water partition coefficient (Wildman–Crippen LogP) is 2.51. The van der Waals surface area contributed by atoms with Gasteiger partial charge in [0.05, 0.1) is 22.9 Å². The Morgan fingerprint density at radius 2 is 1.80 bits per heavy atom. The molecule has 0 saturated heterocycles. The molecule has 0 spiro atoms. The number of carbonyl (C=O) groups excluding carboxylic acids is 1. The number of hydrogen-bond donors (Lipinski definition) is 2. The molecule has 0 aliphatic rings. The lowest BCUT2D eigenvalue weighted by Crippen LogP contribution is -2.14. The molecular formula is C15H10N2O3. The lowest BCUT2D eigenvalue weighted by Gasteiger charge is -2.08. The molecule has 0 heterocycles. The fraction of sp³-hybridized carbons (Fsp3) is 0. The van der Waals surface area contributed by atoms with E-state index in [-0.39, 0.29) is 16.8 Å². The molecule has 0 aliphatic heterocycles. The lowest BCUT2D eigenvalue weighted by atomic mass is 10.1. The fourth-order valence-electron chi connectivity index (χ4n) is 1.68. The van der Waals surface area contributed by atoms with Gasteiger partial charge < -0.3 is 10.4 Å². The molecule has 98 valence electrons. The summed E-state index contributed by atoms with van der Waals surface area (Å²) in [7, 11) is 0. The van der Waals surface area contributed by atoms with Gasteiger partial charge in [0.2, 0.25) is 0 Å². The van der Waals surface area contributed by atoms with Crippen LogP contribution in [0.15, 0.2) is 48.5 Å². The third kappa shape index (κ3) is 2.82. The van der Waals surface area contributed by atoms with Crippen LogP contribution in [-0.2, 0) is 0 Å². The van der Waals surface area contributed by atoms with E-state index in [0.29, 0.717) is 5.56 Å². The maximum Gasteiger partial charge on any atom is 0.337 e. The van der Waals surface area contributed by atoms with Gasteiger partial charge in [-0.2, -0.15) is 5.26 Å². The normalized spacial score (nSPS) is 9.55. The second-order valence-electron chi connectivity index (χ2n) is 4.00. The third-order valence-electron chi connectivity index (χ3n) is 2.66. The van der Waals surface area contributed by atoms with Crippen molar-refractivity contribution in [2.75, 3.05) is 5.32 Å². The van der Waals surface area contributed by atoms with Crippen molar-refractivity contribution in [3.63, 3.8) is 0 Å². The van der Waals surface area contributed by atoms with Crippen LogP contribution in [0.2, 0.25) is 0 Å². The van der Waals surface area contributed by atoms with Gasteiger partial charge in [0.15, 0.2) is 0 Å². The van der Waals surface area contributed by atoms with Gasteiger partial charge in [-0.05, 0) is 30.3 Å². The zero-order valence-electron chi connectivity index (χ0n) is 10.3. The molecule has 2 aromatic rings. The topological polar surface area (TPSA) is 90.2 Å². The van der Waals surface area contributed by atoms with Gasteiger partial charge in [0.25, 0.3) is 5.91 Å². The summed E-state index contributed by atoms with van der Waals surface area (Å²) in [5, 5.41) is 20.4. The minimum atomic E-state index is -1.20. The van der Waals surface area contributed by atoms with Gasteiger partial charge >= 0.3 is 5.97 Å². The molecule has 0 unspecified atom stereocenters. The molecule has 5 heteroatoms. The average molecular weight is 266 g/mol. The summed E-state index contributed by atoms with van der Waals surface area (Å²) in [6, 6.07) is 14.4. The third-order valence-corrected chi connectivity index (χ3v) is 2.66. The molecule has 2 aromatic carbocycles. The van der Waals surface area contributed by atoms with Gasteiger partial charge in [0, 0.05) is 5.56 Å². The van der Waals surface area contributed by atoms with Crippen LogP contribution in [0.4, 0.5) is 5.69 Å². The number of hydrogen-bond acceptors (Lipinski definition) is 3. The molecule has 1 amide bonds. The lowest BCUT2D eigenvalue weighted by molar-refractivity contribution is 0.0698. The Balaban J connectivity index is 2.32. The second kappa shape index (κ2) is 5.67. The summed E-state index contributed by atoms with van der Waals surface area (Å²) in [6.07, 6.45) is 0. The monoisotopic (exact) mass is 266 g/mol. The average Bonchev–Trinajstić information content (AvgIpc) is 2.48. The molecule has 0 radical (unpaired) electrons. The van der Waals surface area contributed by atoms with E-state index in [9.17, 15) is 9.59 Å². The molecule has 0 fully saturated rings. The quantitative estimate of drug-likeness (QED) is 0.893. The van der Waals surface area contributed by atoms with E-state index in [1.807, 2.05) is 6.07 Å². The van der Waals surface area contributed by atoms with Gasteiger partial charge in [-0.25, -0.2) is 4.79 Å². The van der Waals surface area contributed by atoms with E-state index in [1.165, 1.54) is 18.2 Å². The van der Waals surface area contributed by atoms with Crippen LogP contribution in [0, 0.1) is 11.3 Å². The second-order valence-corrected chi connectivity index (χ2v) is 4.00. The Morgan fingerprint density at radius 3 is 2.40 bits per heavy atom. The number of carbonyl (C=O) groups is 2. The van der Waals surface area contributed by atoms with Crippen LogP contribution in [0.3, 0.4) is 0 Å². The largest absolute Gasteiger partial charge is 0.478 e. The SMILES string of the molecule is N#Cc1ccc(NC(=O)c2ccccc2)c(C(=O)O)c1. The first-order chi connectivity index (χ1) is 9.61. The first kappa shape index (κ1) is 13.3. The Bertz CT molecular complexity index is 703. The number of anilines is 1. The van der Waals surface area contributed by atoms with Gasteiger partial charge in [-0.15, -0.1) is 0 Å². The van der Waals surface area contributed by atoms with E-state index < -0.39 is 11.9 Å². The number of nitrogens with one attached hydrogen (secondary N) is 1. The summed E-state index contributed by atoms with van der Waals surface area (Å²) in [6.45, 7) is 0.